The smallest absolute Gasteiger partial charge is 0.252 e. The zero-order chi connectivity index (χ0) is 22.0. The van der Waals surface area contributed by atoms with Gasteiger partial charge in [-0.25, -0.2) is 4.98 Å². The van der Waals surface area contributed by atoms with Crippen molar-refractivity contribution in [2.45, 2.75) is 13.0 Å². The van der Waals surface area contributed by atoms with E-state index in [-0.39, 0.29) is 22.3 Å². The van der Waals surface area contributed by atoms with Crippen LogP contribution < -0.4 is 16.2 Å². The Bertz CT molecular complexity index is 1360. The second-order valence-corrected chi connectivity index (χ2v) is 7.40. The number of aromatic nitrogens is 3. The van der Waals surface area contributed by atoms with Crippen LogP contribution in [0.4, 0.5) is 17.1 Å². The molecule has 0 amide bonds. The monoisotopic (exact) mass is 430 g/mol. The Morgan fingerprint density at radius 3 is 2.65 bits per heavy atom. The van der Waals surface area contributed by atoms with Crippen molar-refractivity contribution in [2.24, 2.45) is 7.05 Å². The van der Waals surface area contributed by atoms with Crippen LogP contribution in [0.1, 0.15) is 24.2 Å². The first kappa shape index (κ1) is 20.4. The van der Waals surface area contributed by atoms with Crippen molar-refractivity contribution in [3.63, 3.8) is 0 Å². The molecule has 0 aliphatic rings. The van der Waals surface area contributed by atoms with Crippen LogP contribution in [0.5, 0.6) is 0 Å². The number of fused-ring (bicyclic) bond motifs is 1. The zero-order valence-electron chi connectivity index (χ0n) is 16.9. The second-order valence-electron chi connectivity index (χ2n) is 7.04. The van der Waals surface area contributed by atoms with Gasteiger partial charge in [-0.2, -0.15) is 5.26 Å². The van der Waals surface area contributed by atoms with Crippen LogP contribution in [0.25, 0.3) is 10.9 Å². The zero-order valence-corrected chi connectivity index (χ0v) is 17.7. The lowest BCUT2D eigenvalue weighted by Gasteiger charge is -2.19. The minimum Gasteiger partial charge on any atom is -0.376 e. The summed E-state index contributed by atoms with van der Waals surface area (Å²) in [5.74, 6) is 0. The second kappa shape index (κ2) is 8.46. The maximum absolute atomic E-state index is 12.7. The van der Waals surface area contributed by atoms with E-state index in [4.69, 9.17) is 11.6 Å². The quantitative estimate of drug-likeness (QED) is 0.443. The van der Waals surface area contributed by atoms with E-state index < -0.39 is 0 Å². The molecule has 4 aromatic rings. The average Bonchev–Trinajstić information content (AvgIpc) is 2.78. The Morgan fingerprint density at radius 2 is 1.90 bits per heavy atom. The number of rotatable bonds is 5. The SMILES string of the molecule is CC(Nc1cc(=O)n(C)c2c(Nc3ccnc(Cl)c3C#N)cccc12)c1ccccn1. The molecule has 0 fully saturated rings. The Hall–Kier alpha value is -3.89. The molecule has 3 aromatic heterocycles. The van der Waals surface area contributed by atoms with Gasteiger partial charge in [-0.15, -0.1) is 0 Å². The van der Waals surface area contributed by atoms with E-state index in [0.29, 0.717) is 22.6 Å². The first-order valence-electron chi connectivity index (χ1n) is 9.61. The number of para-hydroxylation sites is 1. The van der Waals surface area contributed by atoms with E-state index in [1.54, 1.807) is 29.9 Å². The number of hydrogen-bond donors (Lipinski definition) is 2. The van der Waals surface area contributed by atoms with E-state index in [2.05, 4.69) is 26.7 Å². The molecule has 1 atom stereocenters. The molecule has 0 saturated heterocycles. The molecular weight excluding hydrogens is 412 g/mol. The maximum atomic E-state index is 12.7. The number of benzene rings is 1. The summed E-state index contributed by atoms with van der Waals surface area (Å²) < 4.78 is 1.57. The van der Waals surface area contributed by atoms with Gasteiger partial charge in [-0.05, 0) is 31.2 Å². The third kappa shape index (κ3) is 3.93. The summed E-state index contributed by atoms with van der Waals surface area (Å²) in [4.78, 5) is 21.1. The molecule has 0 radical (unpaired) electrons. The fourth-order valence-electron chi connectivity index (χ4n) is 3.48. The molecule has 0 aliphatic carbocycles. The summed E-state index contributed by atoms with van der Waals surface area (Å²) in [6.07, 6.45) is 3.27. The van der Waals surface area contributed by atoms with Gasteiger partial charge >= 0.3 is 0 Å². The lowest BCUT2D eigenvalue weighted by Crippen LogP contribution is -2.19. The number of halogens is 1. The number of hydrogen-bond acceptors (Lipinski definition) is 6. The van der Waals surface area contributed by atoms with Crippen molar-refractivity contribution in [2.75, 3.05) is 10.6 Å². The van der Waals surface area contributed by atoms with Crippen LogP contribution in [-0.4, -0.2) is 14.5 Å². The van der Waals surface area contributed by atoms with E-state index in [1.165, 1.54) is 6.20 Å². The first-order valence-corrected chi connectivity index (χ1v) is 9.99. The van der Waals surface area contributed by atoms with Gasteiger partial charge in [0.2, 0.25) is 0 Å². The van der Waals surface area contributed by atoms with Crippen LogP contribution >= 0.6 is 11.6 Å². The van der Waals surface area contributed by atoms with Crippen LogP contribution in [0.3, 0.4) is 0 Å². The summed E-state index contributed by atoms with van der Waals surface area (Å²) >= 11 is 6.07. The van der Waals surface area contributed by atoms with Gasteiger partial charge in [-0.3, -0.25) is 9.78 Å². The molecule has 7 nitrogen and oxygen atoms in total. The highest BCUT2D eigenvalue weighted by Crippen LogP contribution is 2.32. The van der Waals surface area contributed by atoms with Crippen LogP contribution in [0.2, 0.25) is 5.15 Å². The van der Waals surface area contributed by atoms with E-state index in [1.807, 2.05) is 43.3 Å². The van der Waals surface area contributed by atoms with E-state index in [9.17, 15) is 10.1 Å². The summed E-state index contributed by atoms with van der Waals surface area (Å²) in [7, 11) is 1.71. The van der Waals surface area contributed by atoms with Gasteiger partial charge in [0.15, 0.2) is 0 Å². The topological polar surface area (TPSA) is 95.6 Å². The molecule has 2 N–H and O–H groups in total. The normalized spacial score (nSPS) is 11.7. The van der Waals surface area contributed by atoms with Crippen LogP contribution in [-0.2, 0) is 7.05 Å². The summed E-state index contributed by atoms with van der Waals surface area (Å²) in [5, 5.41) is 17.1. The van der Waals surface area contributed by atoms with Crippen molar-refractivity contribution in [1.29, 1.82) is 5.26 Å². The van der Waals surface area contributed by atoms with Crippen molar-refractivity contribution < 1.29 is 0 Å². The van der Waals surface area contributed by atoms with Crippen molar-refractivity contribution in [1.82, 2.24) is 14.5 Å². The number of pyridine rings is 3. The summed E-state index contributed by atoms with van der Waals surface area (Å²) in [5.41, 5.74) is 3.54. The molecule has 3 heterocycles. The lowest BCUT2D eigenvalue weighted by molar-refractivity contribution is 0.837. The van der Waals surface area contributed by atoms with Gasteiger partial charge in [-0.1, -0.05) is 29.8 Å². The molecule has 1 unspecified atom stereocenters. The fraction of sp³-hybridized carbons (Fsp3) is 0.130. The highest BCUT2D eigenvalue weighted by Gasteiger charge is 2.15. The van der Waals surface area contributed by atoms with Gasteiger partial charge in [0.25, 0.3) is 5.56 Å². The maximum Gasteiger partial charge on any atom is 0.252 e. The molecule has 0 bridgehead atoms. The Labute approximate surface area is 184 Å². The van der Waals surface area contributed by atoms with Gasteiger partial charge < -0.3 is 15.2 Å². The highest BCUT2D eigenvalue weighted by atomic mass is 35.5. The highest BCUT2D eigenvalue weighted by molar-refractivity contribution is 6.31. The largest absolute Gasteiger partial charge is 0.376 e. The van der Waals surface area contributed by atoms with Crippen molar-refractivity contribution in [3.05, 3.63) is 87.7 Å². The van der Waals surface area contributed by atoms with Crippen molar-refractivity contribution in [3.8, 4) is 6.07 Å². The first-order chi connectivity index (χ1) is 15.0. The van der Waals surface area contributed by atoms with Crippen molar-refractivity contribution >= 4 is 39.6 Å². The average molecular weight is 431 g/mol. The molecule has 154 valence electrons. The fourth-order valence-corrected chi connectivity index (χ4v) is 3.68. The Morgan fingerprint density at radius 1 is 1.06 bits per heavy atom. The molecule has 0 spiro atoms. The predicted octanol–water partition coefficient (Wildman–Crippen LogP) is 4.77. The molecule has 1 aromatic carbocycles. The molecular formula is C23H19ClN6O. The number of nitrogens with zero attached hydrogens (tertiary/aromatic N) is 4. The van der Waals surface area contributed by atoms with Crippen LogP contribution in [0.15, 0.2) is 65.7 Å². The standard InChI is InChI=1S/C23H19ClN6O/c1-14(17-7-3-4-10-26-17)28-20-12-21(31)30(2)22-15(20)6-5-8-19(22)29-18-9-11-27-23(24)16(18)13-25/h3-12,14,28H,1-2H3,(H,27,29). The number of nitriles is 1. The third-order valence-corrected chi connectivity index (χ3v) is 5.34. The minimum atomic E-state index is -0.161. The molecule has 31 heavy (non-hydrogen) atoms. The molecule has 4 rings (SSSR count). The van der Waals surface area contributed by atoms with Crippen LogP contribution in [0, 0.1) is 11.3 Å². The predicted molar refractivity (Wildman–Crippen MR) is 123 cm³/mol. The van der Waals surface area contributed by atoms with E-state index >= 15 is 0 Å². The lowest BCUT2D eigenvalue weighted by atomic mass is 10.1. The summed E-state index contributed by atoms with van der Waals surface area (Å²) in [6, 6.07) is 16.6. The number of anilines is 3. The summed E-state index contributed by atoms with van der Waals surface area (Å²) in [6.45, 7) is 1.99. The number of nitrogens with one attached hydrogen (secondary N) is 2. The van der Waals surface area contributed by atoms with Gasteiger partial charge in [0, 0.05) is 36.6 Å². The molecule has 0 saturated carbocycles. The minimum absolute atomic E-state index is 0.0997. The van der Waals surface area contributed by atoms with Gasteiger partial charge in [0.05, 0.1) is 28.6 Å². The molecule has 0 aliphatic heterocycles. The van der Waals surface area contributed by atoms with Gasteiger partial charge in [0.1, 0.15) is 16.8 Å². The Balaban J connectivity index is 1.82. The number of aryl methyl sites for hydroxylation is 1. The third-order valence-electron chi connectivity index (χ3n) is 5.05. The Kier molecular flexibility index (Phi) is 5.56. The molecule has 8 heteroatoms. The van der Waals surface area contributed by atoms with E-state index in [0.717, 1.165) is 11.1 Å².